The minimum atomic E-state index is -0.592. The lowest BCUT2D eigenvalue weighted by atomic mass is 9.82. The van der Waals surface area contributed by atoms with Crippen molar-refractivity contribution in [2.24, 2.45) is 0 Å². The summed E-state index contributed by atoms with van der Waals surface area (Å²) in [6.45, 7) is 0. The second-order valence-corrected chi connectivity index (χ2v) is 6.82. The summed E-state index contributed by atoms with van der Waals surface area (Å²) in [4.78, 5) is 0. The molecule has 2 unspecified atom stereocenters. The number of fused-ring (bicyclic) bond motifs is 2. The molecule has 4 heteroatoms. The van der Waals surface area contributed by atoms with Gasteiger partial charge in [0.2, 0.25) is 0 Å². The number of ether oxygens (including phenoxy) is 1. The van der Waals surface area contributed by atoms with Gasteiger partial charge in [0, 0.05) is 23.0 Å². The van der Waals surface area contributed by atoms with Crippen molar-refractivity contribution in [1.82, 2.24) is 5.32 Å². The van der Waals surface area contributed by atoms with Gasteiger partial charge in [-0.2, -0.15) is 0 Å². The van der Waals surface area contributed by atoms with Gasteiger partial charge in [0.1, 0.15) is 5.75 Å². The molecule has 2 atom stereocenters. The van der Waals surface area contributed by atoms with Crippen LogP contribution in [0.15, 0.2) is 22.7 Å². The van der Waals surface area contributed by atoms with Crippen LogP contribution in [0.2, 0.25) is 0 Å². The SMILES string of the molecule is COc1ccc(Br)cc1CC1(O)CC2CCC(C1)N2. The van der Waals surface area contributed by atoms with E-state index in [9.17, 15) is 5.11 Å². The number of halogens is 1. The van der Waals surface area contributed by atoms with E-state index >= 15 is 0 Å². The Morgan fingerprint density at radius 1 is 1.37 bits per heavy atom. The van der Waals surface area contributed by atoms with E-state index in [4.69, 9.17) is 4.74 Å². The molecular weight excluding hydrogens is 306 g/mol. The summed E-state index contributed by atoms with van der Waals surface area (Å²) in [6.07, 6.45) is 4.76. The minimum absolute atomic E-state index is 0.488. The molecule has 2 bridgehead atoms. The maximum absolute atomic E-state index is 10.9. The van der Waals surface area contributed by atoms with Gasteiger partial charge in [0.15, 0.2) is 0 Å². The second kappa shape index (κ2) is 5.08. The van der Waals surface area contributed by atoms with Crippen molar-refractivity contribution in [1.29, 1.82) is 0 Å². The number of piperidine rings is 1. The Morgan fingerprint density at radius 2 is 2.05 bits per heavy atom. The zero-order valence-electron chi connectivity index (χ0n) is 11.2. The van der Waals surface area contributed by atoms with Gasteiger partial charge >= 0.3 is 0 Å². The second-order valence-electron chi connectivity index (χ2n) is 5.90. The van der Waals surface area contributed by atoms with Crippen molar-refractivity contribution in [3.63, 3.8) is 0 Å². The predicted molar refractivity (Wildman–Crippen MR) is 78.5 cm³/mol. The van der Waals surface area contributed by atoms with Crippen molar-refractivity contribution in [2.45, 2.75) is 49.8 Å². The van der Waals surface area contributed by atoms with E-state index in [0.29, 0.717) is 18.5 Å². The molecule has 19 heavy (non-hydrogen) atoms. The van der Waals surface area contributed by atoms with Crippen LogP contribution in [-0.4, -0.2) is 29.9 Å². The van der Waals surface area contributed by atoms with Crippen LogP contribution < -0.4 is 10.1 Å². The maximum Gasteiger partial charge on any atom is 0.122 e. The Balaban J connectivity index is 1.82. The average molecular weight is 326 g/mol. The summed E-state index contributed by atoms with van der Waals surface area (Å²) in [5.41, 5.74) is 0.492. The first-order valence-electron chi connectivity index (χ1n) is 6.89. The van der Waals surface area contributed by atoms with Crippen molar-refractivity contribution >= 4 is 15.9 Å². The Bertz CT molecular complexity index is 465. The highest BCUT2D eigenvalue weighted by atomic mass is 79.9. The number of nitrogens with one attached hydrogen (secondary N) is 1. The number of aliphatic hydroxyl groups is 1. The van der Waals surface area contributed by atoms with Crippen molar-refractivity contribution in [3.05, 3.63) is 28.2 Å². The van der Waals surface area contributed by atoms with Crippen LogP contribution in [-0.2, 0) is 6.42 Å². The standard InChI is InChI=1S/C15H20BrNO2/c1-19-14-5-2-11(16)6-10(14)7-15(18)8-12-3-4-13(9-15)17-12/h2,5-6,12-13,17-18H,3-4,7-9H2,1H3. The Hall–Kier alpha value is -0.580. The topological polar surface area (TPSA) is 41.5 Å². The fourth-order valence-electron chi connectivity index (χ4n) is 3.61. The molecule has 2 saturated heterocycles. The summed E-state index contributed by atoms with van der Waals surface area (Å²) in [6, 6.07) is 6.96. The molecule has 0 radical (unpaired) electrons. The zero-order chi connectivity index (χ0) is 13.5. The van der Waals surface area contributed by atoms with Crippen LogP contribution in [0.5, 0.6) is 5.75 Å². The summed E-state index contributed by atoms with van der Waals surface area (Å²) in [5.74, 6) is 0.863. The molecule has 3 nitrogen and oxygen atoms in total. The Morgan fingerprint density at radius 3 is 2.68 bits per heavy atom. The molecule has 2 aliphatic heterocycles. The molecule has 0 aliphatic carbocycles. The smallest absolute Gasteiger partial charge is 0.122 e. The molecule has 1 aromatic rings. The van der Waals surface area contributed by atoms with Crippen LogP contribution in [0.4, 0.5) is 0 Å². The molecule has 0 amide bonds. The van der Waals surface area contributed by atoms with Gasteiger partial charge in [0.05, 0.1) is 12.7 Å². The van der Waals surface area contributed by atoms with E-state index in [1.165, 1.54) is 12.8 Å². The van der Waals surface area contributed by atoms with Crippen LogP contribution in [0, 0.1) is 0 Å². The number of rotatable bonds is 3. The van der Waals surface area contributed by atoms with Crippen molar-refractivity contribution in [2.75, 3.05) is 7.11 Å². The van der Waals surface area contributed by atoms with Gasteiger partial charge in [-0.3, -0.25) is 0 Å². The molecule has 2 N–H and O–H groups in total. The van der Waals surface area contributed by atoms with Gasteiger partial charge in [0.25, 0.3) is 0 Å². The molecule has 2 aliphatic rings. The fraction of sp³-hybridized carbons (Fsp3) is 0.600. The van der Waals surface area contributed by atoms with E-state index in [2.05, 4.69) is 27.3 Å². The fourth-order valence-corrected chi connectivity index (χ4v) is 4.02. The molecule has 0 aromatic heterocycles. The average Bonchev–Trinajstić information content (AvgIpc) is 2.69. The van der Waals surface area contributed by atoms with E-state index in [1.54, 1.807) is 7.11 Å². The van der Waals surface area contributed by atoms with Crippen molar-refractivity contribution < 1.29 is 9.84 Å². The first-order valence-corrected chi connectivity index (χ1v) is 7.68. The van der Waals surface area contributed by atoms with Gasteiger partial charge in [-0.05, 0) is 49.4 Å². The van der Waals surface area contributed by atoms with Crippen LogP contribution >= 0.6 is 15.9 Å². The van der Waals surface area contributed by atoms with Gasteiger partial charge in [-0.1, -0.05) is 15.9 Å². The molecule has 104 valence electrons. The normalized spacial score (nSPS) is 33.4. The lowest BCUT2D eigenvalue weighted by molar-refractivity contribution is -0.00650. The molecule has 0 saturated carbocycles. The molecule has 0 spiro atoms. The van der Waals surface area contributed by atoms with E-state index in [-0.39, 0.29) is 0 Å². The monoisotopic (exact) mass is 325 g/mol. The van der Waals surface area contributed by atoms with Gasteiger partial charge < -0.3 is 15.2 Å². The molecule has 1 aromatic carbocycles. The quantitative estimate of drug-likeness (QED) is 0.897. The van der Waals surface area contributed by atoms with Crippen LogP contribution in [0.25, 0.3) is 0 Å². The third-order valence-corrected chi connectivity index (χ3v) is 4.84. The number of benzene rings is 1. The largest absolute Gasteiger partial charge is 0.496 e. The predicted octanol–water partition coefficient (Wildman–Crippen LogP) is 2.65. The zero-order valence-corrected chi connectivity index (χ0v) is 12.7. The summed E-state index contributed by atoms with van der Waals surface area (Å²) in [5, 5.41) is 14.5. The number of hydrogen-bond donors (Lipinski definition) is 2. The van der Waals surface area contributed by atoms with E-state index < -0.39 is 5.60 Å². The summed E-state index contributed by atoms with van der Waals surface area (Å²) < 4.78 is 6.44. The van der Waals surface area contributed by atoms with E-state index in [1.807, 2.05) is 12.1 Å². The Labute approximate surface area is 122 Å². The highest BCUT2D eigenvalue weighted by molar-refractivity contribution is 9.10. The molecule has 2 heterocycles. The van der Waals surface area contributed by atoms with Crippen LogP contribution in [0.3, 0.4) is 0 Å². The molecule has 2 fully saturated rings. The van der Waals surface area contributed by atoms with Crippen LogP contribution in [0.1, 0.15) is 31.2 Å². The highest BCUT2D eigenvalue weighted by Crippen LogP contribution is 2.38. The number of hydrogen-bond acceptors (Lipinski definition) is 3. The Kier molecular flexibility index (Phi) is 3.58. The van der Waals surface area contributed by atoms with Crippen molar-refractivity contribution in [3.8, 4) is 5.75 Å². The lowest BCUT2D eigenvalue weighted by Crippen LogP contribution is -2.49. The lowest BCUT2D eigenvalue weighted by Gasteiger charge is -2.37. The summed E-state index contributed by atoms with van der Waals surface area (Å²) >= 11 is 3.49. The third-order valence-electron chi connectivity index (χ3n) is 4.35. The summed E-state index contributed by atoms with van der Waals surface area (Å²) in [7, 11) is 1.68. The minimum Gasteiger partial charge on any atom is -0.496 e. The molecular formula is C15H20BrNO2. The number of methoxy groups -OCH3 is 1. The molecule has 3 rings (SSSR count). The van der Waals surface area contributed by atoms with E-state index in [0.717, 1.165) is 28.6 Å². The third kappa shape index (κ3) is 2.81. The van der Waals surface area contributed by atoms with Gasteiger partial charge in [-0.15, -0.1) is 0 Å². The first-order chi connectivity index (χ1) is 9.08. The van der Waals surface area contributed by atoms with Gasteiger partial charge in [-0.25, -0.2) is 0 Å². The maximum atomic E-state index is 10.9. The highest BCUT2D eigenvalue weighted by Gasteiger charge is 2.42. The first kappa shape index (κ1) is 13.4.